The van der Waals surface area contributed by atoms with Crippen molar-refractivity contribution in [3.63, 3.8) is 0 Å². The van der Waals surface area contributed by atoms with Crippen molar-refractivity contribution in [2.75, 3.05) is 20.3 Å². The summed E-state index contributed by atoms with van der Waals surface area (Å²) >= 11 is 0. The number of ether oxygens (including phenoxy) is 2. The second-order valence-corrected chi connectivity index (χ2v) is 7.30. The Hall–Kier alpha value is -2.77. The number of benzene rings is 2. The van der Waals surface area contributed by atoms with E-state index in [2.05, 4.69) is 14.9 Å². The third-order valence-electron chi connectivity index (χ3n) is 5.14. The van der Waals surface area contributed by atoms with Gasteiger partial charge in [0.2, 0.25) is 0 Å². The molecule has 1 saturated heterocycles. The van der Waals surface area contributed by atoms with Crippen LogP contribution in [0.5, 0.6) is 5.75 Å². The highest BCUT2D eigenvalue weighted by atomic mass is 19.1. The van der Waals surface area contributed by atoms with Gasteiger partial charge in [0.15, 0.2) is 11.6 Å². The highest BCUT2D eigenvalue weighted by Crippen LogP contribution is 2.21. The van der Waals surface area contributed by atoms with E-state index >= 15 is 0 Å². The van der Waals surface area contributed by atoms with Gasteiger partial charge < -0.3 is 14.5 Å². The van der Waals surface area contributed by atoms with E-state index in [0.29, 0.717) is 36.4 Å². The van der Waals surface area contributed by atoms with Gasteiger partial charge in [-0.2, -0.15) is 0 Å². The summed E-state index contributed by atoms with van der Waals surface area (Å²) in [6, 6.07) is 12.2. The molecule has 0 amide bonds. The van der Waals surface area contributed by atoms with Crippen LogP contribution in [0.25, 0.3) is 10.9 Å². The molecule has 1 aliphatic rings. The number of hydrogen-bond acceptors (Lipinski definition) is 5. The van der Waals surface area contributed by atoms with Crippen LogP contribution in [-0.4, -0.2) is 41.2 Å². The van der Waals surface area contributed by atoms with Crippen LogP contribution in [0.4, 0.5) is 4.39 Å². The van der Waals surface area contributed by atoms with E-state index in [0.717, 1.165) is 25.0 Å². The topological polar surface area (TPSA) is 67.5 Å². The SMILES string of the molecule is COc1ccc(CN(Cc2nc3ccccc3c(=O)[nH]2)C[C@@H]2CCCO2)cc1F. The highest BCUT2D eigenvalue weighted by molar-refractivity contribution is 5.77. The molecule has 1 fully saturated rings. The lowest BCUT2D eigenvalue weighted by atomic mass is 10.1. The number of H-pyrrole nitrogens is 1. The summed E-state index contributed by atoms with van der Waals surface area (Å²) < 4.78 is 24.9. The Kier molecular flexibility index (Phi) is 5.87. The summed E-state index contributed by atoms with van der Waals surface area (Å²) in [4.78, 5) is 22.0. The van der Waals surface area contributed by atoms with Crippen molar-refractivity contribution in [2.45, 2.75) is 32.0 Å². The summed E-state index contributed by atoms with van der Waals surface area (Å²) in [5, 5.41) is 0.569. The van der Waals surface area contributed by atoms with E-state index in [9.17, 15) is 9.18 Å². The molecule has 1 aliphatic heterocycles. The fourth-order valence-corrected chi connectivity index (χ4v) is 3.75. The van der Waals surface area contributed by atoms with Gasteiger partial charge in [-0.05, 0) is 42.7 Å². The third kappa shape index (κ3) is 4.63. The molecule has 2 aromatic carbocycles. The fourth-order valence-electron chi connectivity index (χ4n) is 3.75. The average Bonchev–Trinajstić information content (AvgIpc) is 3.21. The minimum atomic E-state index is -0.390. The summed E-state index contributed by atoms with van der Waals surface area (Å²) in [6.07, 6.45) is 2.17. The fraction of sp³-hybridized carbons (Fsp3) is 0.364. The second-order valence-electron chi connectivity index (χ2n) is 7.30. The average molecular weight is 397 g/mol. The number of halogens is 1. The monoisotopic (exact) mass is 397 g/mol. The summed E-state index contributed by atoms with van der Waals surface area (Å²) in [6.45, 7) is 2.40. The predicted molar refractivity (Wildman–Crippen MR) is 108 cm³/mol. The smallest absolute Gasteiger partial charge is 0.258 e. The number of nitrogens with one attached hydrogen (secondary N) is 1. The molecule has 152 valence electrons. The summed E-state index contributed by atoms with van der Waals surface area (Å²) in [7, 11) is 1.45. The largest absolute Gasteiger partial charge is 0.494 e. The maximum atomic E-state index is 14.1. The van der Waals surface area contributed by atoms with Gasteiger partial charge in [-0.3, -0.25) is 9.69 Å². The molecule has 0 radical (unpaired) electrons. The molecule has 7 heteroatoms. The lowest BCUT2D eigenvalue weighted by molar-refractivity contribution is 0.0670. The molecule has 3 aromatic rings. The van der Waals surface area contributed by atoms with Crippen molar-refractivity contribution in [3.05, 3.63) is 70.0 Å². The van der Waals surface area contributed by atoms with Gasteiger partial charge in [0.05, 0.1) is 30.7 Å². The zero-order chi connectivity index (χ0) is 20.2. The zero-order valence-corrected chi connectivity index (χ0v) is 16.4. The second kappa shape index (κ2) is 8.71. The first kappa shape index (κ1) is 19.5. The molecule has 1 N–H and O–H groups in total. The van der Waals surface area contributed by atoms with Crippen molar-refractivity contribution in [2.24, 2.45) is 0 Å². The van der Waals surface area contributed by atoms with Gasteiger partial charge in [0.25, 0.3) is 5.56 Å². The van der Waals surface area contributed by atoms with E-state index in [4.69, 9.17) is 9.47 Å². The van der Waals surface area contributed by atoms with Crippen LogP contribution < -0.4 is 10.3 Å². The lowest BCUT2D eigenvalue weighted by Gasteiger charge is -2.25. The van der Waals surface area contributed by atoms with E-state index in [1.54, 1.807) is 12.1 Å². The van der Waals surface area contributed by atoms with Crippen LogP contribution >= 0.6 is 0 Å². The maximum absolute atomic E-state index is 14.1. The Morgan fingerprint density at radius 2 is 2.14 bits per heavy atom. The summed E-state index contributed by atoms with van der Waals surface area (Å²) in [5.74, 6) is 0.417. The normalized spacial score (nSPS) is 16.6. The van der Waals surface area contributed by atoms with Gasteiger partial charge in [-0.1, -0.05) is 18.2 Å². The minimum Gasteiger partial charge on any atom is -0.494 e. The minimum absolute atomic E-state index is 0.130. The molecule has 1 aromatic heterocycles. The highest BCUT2D eigenvalue weighted by Gasteiger charge is 2.21. The Morgan fingerprint density at radius 3 is 2.90 bits per heavy atom. The third-order valence-corrected chi connectivity index (χ3v) is 5.14. The van der Waals surface area contributed by atoms with Crippen LogP contribution in [0.1, 0.15) is 24.2 Å². The van der Waals surface area contributed by atoms with Crippen molar-refractivity contribution in [1.82, 2.24) is 14.9 Å². The molecule has 6 nitrogen and oxygen atoms in total. The van der Waals surface area contributed by atoms with Crippen LogP contribution in [0.15, 0.2) is 47.3 Å². The Morgan fingerprint density at radius 1 is 1.28 bits per heavy atom. The summed E-state index contributed by atoms with van der Waals surface area (Å²) in [5.41, 5.74) is 1.33. The Bertz CT molecular complexity index is 1050. The van der Waals surface area contributed by atoms with Crippen molar-refractivity contribution < 1.29 is 13.9 Å². The van der Waals surface area contributed by atoms with E-state index in [1.165, 1.54) is 13.2 Å². The molecule has 0 aliphatic carbocycles. The quantitative estimate of drug-likeness (QED) is 0.663. The Labute approximate surface area is 168 Å². The number of aromatic amines is 1. The van der Waals surface area contributed by atoms with Gasteiger partial charge >= 0.3 is 0 Å². The van der Waals surface area contributed by atoms with Gasteiger partial charge in [-0.15, -0.1) is 0 Å². The molecule has 0 unspecified atom stereocenters. The van der Waals surface area contributed by atoms with Gasteiger partial charge in [0.1, 0.15) is 5.82 Å². The van der Waals surface area contributed by atoms with Gasteiger partial charge in [-0.25, -0.2) is 9.37 Å². The predicted octanol–water partition coefficient (Wildman–Crippen LogP) is 3.25. The molecule has 1 atom stereocenters. The van der Waals surface area contributed by atoms with Gasteiger partial charge in [0, 0.05) is 19.7 Å². The molecule has 4 rings (SSSR count). The van der Waals surface area contributed by atoms with E-state index in [1.807, 2.05) is 24.3 Å². The number of fused-ring (bicyclic) bond motifs is 1. The maximum Gasteiger partial charge on any atom is 0.258 e. The number of methoxy groups -OCH3 is 1. The Balaban J connectivity index is 1.58. The van der Waals surface area contributed by atoms with E-state index < -0.39 is 0 Å². The number of para-hydroxylation sites is 1. The van der Waals surface area contributed by atoms with Crippen molar-refractivity contribution in [1.29, 1.82) is 0 Å². The number of rotatable bonds is 7. The van der Waals surface area contributed by atoms with Crippen LogP contribution in [0.3, 0.4) is 0 Å². The van der Waals surface area contributed by atoms with E-state index in [-0.39, 0.29) is 23.2 Å². The molecule has 0 bridgehead atoms. The van der Waals surface area contributed by atoms with Crippen molar-refractivity contribution >= 4 is 10.9 Å². The zero-order valence-electron chi connectivity index (χ0n) is 16.4. The molecule has 29 heavy (non-hydrogen) atoms. The first-order valence-corrected chi connectivity index (χ1v) is 9.76. The lowest BCUT2D eigenvalue weighted by Crippen LogP contribution is -2.32. The molecule has 2 heterocycles. The van der Waals surface area contributed by atoms with Crippen molar-refractivity contribution in [3.8, 4) is 5.75 Å². The number of nitrogens with zero attached hydrogens (tertiary/aromatic N) is 2. The van der Waals surface area contributed by atoms with Crippen LogP contribution in [0.2, 0.25) is 0 Å². The first-order chi connectivity index (χ1) is 14.1. The first-order valence-electron chi connectivity index (χ1n) is 9.76. The molecule has 0 saturated carbocycles. The van der Waals surface area contributed by atoms with Crippen LogP contribution in [0, 0.1) is 5.82 Å². The molecular weight excluding hydrogens is 373 g/mol. The standard InChI is InChI=1S/C22H24FN3O3/c1-28-20-9-8-15(11-18(20)23)12-26(13-16-5-4-10-29-16)14-21-24-19-7-3-2-6-17(19)22(27)25-21/h2-3,6-9,11,16H,4-5,10,12-14H2,1H3,(H,24,25,27)/t16-/m0/s1. The molecular formula is C22H24FN3O3. The van der Waals surface area contributed by atoms with Crippen LogP contribution in [-0.2, 0) is 17.8 Å². The molecule has 0 spiro atoms. The number of hydrogen-bond donors (Lipinski definition) is 1. The number of aromatic nitrogens is 2.